The summed E-state index contributed by atoms with van der Waals surface area (Å²) in [6.07, 6.45) is 0.0890. The summed E-state index contributed by atoms with van der Waals surface area (Å²) in [5.41, 5.74) is 9.13. The lowest BCUT2D eigenvalue weighted by atomic mass is 10.1. The number of anilines is 1. The van der Waals surface area contributed by atoms with Crippen LogP contribution >= 0.6 is 11.8 Å². The molecule has 0 saturated carbocycles. The highest BCUT2D eigenvalue weighted by molar-refractivity contribution is 7.99. The van der Waals surface area contributed by atoms with Crippen LogP contribution in [0.15, 0.2) is 53.7 Å². The number of aryl methyl sites for hydroxylation is 2. The Balaban J connectivity index is 1.74. The first-order valence-corrected chi connectivity index (χ1v) is 10.1. The van der Waals surface area contributed by atoms with Gasteiger partial charge in [0.1, 0.15) is 0 Å². The van der Waals surface area contributed by atoms with Crippen LogP contribution < -0.4 is 10.6 Å². The number of aromatic nitrogens is 4. The first-order chi connectivity index (χ1) is 14.0. The molecule has 2 amide bonds. The summed E-state index contributed by atoms with van der Waals surface area (Å²) in [4.78, 5) is 25.6. The summed E-state index contributed by atoms with van der Waals surface area (Å²) in [5, 5.41) is 12.4. The average Bonchev–Trinajstić information content (AvgIpc) is 3.18. The predicted octanol–water partition coefficient (Wildman–Crippen LogP) is 2.28. The average molecular weight is 411 g/mol. The molecule has 0 aliphatic carbocycles. The van der Waals surface area contributed by atoms with Gasteiger partial charge in [-0.1, -0.05) is 36.0 Å². The van der Waals surface area contributed by atoms with Gasteiger partial charge in [0.2, 0.25) is 17.0 Å². The molecule has 29 heavy (non-hydrogen) atoms. The van der Waals surface area contributed by atoms with Crippen LogP contribution in [0.3, 0.4) is 0 Å². The molecule has 0 aliphatic rings. The Kier molecular flexibility index (Phi) is 6.61. The van der Waals surface area contributed by atoms with Gasteiger partial charge < -0.3 is 10.6 Å². The molecular weight excluding hydrogens is 388 g/mol. The van der Waals surface area contributed by atoms with Gasteiger partial charge in [0.05, 0.1) is 11.4 Å². The molecule has 0 spiro atoms. The quantitative estimate of drug-likeness (QED) is 0.571. The molecule has 0 atom stereocenters. The SMILES string of the molecule is Cc1ccc(-n2nnnc2SCC(=O)N(CCC(N)=O)c2ccccc2)cc1C. The van der Waals surface area contributed by atoms with Gasteiger partial charge in [-0.15, -0.1) is 5.10 Å². The number of hydrogen-bond donors (Lipinski definition) is 1. The van der Waals surface area contributed by atoms with E-state index < -0.39 is 5.91 Å². The van der Waals surface area contributed by atoms with E-state index in [1.54, 1.807) is 9.58 Å². The fourth-order valence-electron chi connectivity index (χ4n) is 2.72. The number of carbonyl (C=O) groups excluding carboxylic acids is 2. The molecule has 0 aliphatic heterocycles. The van der Waals surface area contributed by atoms with E-state index in [9.17, 15) is 9.59 Å². The van der Waals surface area contributed by atoms with Gasteiger partial charge in [-0.2, -0.15) is 4.68 Å². The topological polar surface area (TPSA) is 107 Å². The Hall–Kier alpha value is -3.20. The Morgan fingerprint density at radius 1 is 1.10 bits per heavy atom. The molecule has 0 saturated heterocycles. The smallest absolute Gasteiger partial charge is 0.237 e. The molecule has 1 aromatic heterocycles. The summed E-state index contributed by atoms with van der Waals surface area (Å²) in [7, 11) is 0. The minimum atomic E-state index is -0.454. The Labute approximate surface area is 173 Å². The molecule has 2 N–H and O–H groups in total. The number of nitrogens with two attached hydrogens (primary N) is 1. The summed E-state index contributed by atoms with van der Waals surface area (Å²) in [6, 6.07) is 15.1. The highest BCUT2D eigenvalue weighted by Crippen LogP contribution is 2.22. The molecule has 0 unspecified atom stereocenters. The van der Waals surface area contributed by atoms with Crippen LogP contribution in [-0.4, -0.2) is 44.3 Å². The minimum Gasteiger partial charge on any atom is -0.370 e. The Morgan fingerprint density at radius 3 is 2.55 bits per heavy atom. The lowest BCUT2D eigenvalue weighted by molar-refractivity contribution is -0.118. The molecule has 3 aromatic rings. The van der Waals surface area contributed by atoms with Crippen LogP contribution in [0.1, 0.15) is 17.5 Å². The zero-order valence-electron chi connectivity index (χ0n) is 16.3. The molecule has 9 heteroatoms. The number of nitrogens with zero attached hydrogens (tertiary/aromatic N) is 5. The maximum absolute atomic E-state index is 12.9. The van der Waals surface area contributed by atoms with E-state index in [2.05, 4.69) is 15.5 Å². The fraction of sp³-hybridized carbons (Fsp3) is 0.250. The summed E-state index contributed by atoms with van der Waals surface area (Å²) < 4.78 is 1.61. The van der Waals surface area contributed by atoms with Crippen LogP contribution in [0.2, 0.25) is 0 Å². The van der Waals surface area contributed by atoms with Gasteiger partial charge >= 0.3 is 0 Å². The molecule has 0 radical (unpaired) electrons. The van der Waals surface area contributed by atoms with Crippen molar-refractivity contribution < 1.29 is 9.59 Å². The lowest BCUT2D eigenvalue weighted by Gasteiger charge is -2.22. The third kappa shape index (κ3) is 5.20. The van der Waals surface area contributed by atoms with Crippen molar-refractivity contribution in [1.82, 2.24) is 20.2 Å². The van der Waals surface area contributed by atoms with E-state index in [0.717, 1.165) is 11.3 Å². The fourth-order valence-corrected chi connectivity index (χ4v) is 3.49. The Morgan fingerprint density at radius 2 is 1.86 bits per heavy atom. The Bertz CT molecular complexity index is 1010. The van der Waals surface area contributed by atoms with Crippen LogP contribution in [0.5, 0.6) is 0 Å². The maximum Gasteiger partial charge on any atom is 0.237 e. The number of para-hydroxylation sites is 1. The second kappa shape index (κ2) is 9.33. The number of tetrazole rings is 1. The monoisotopic (exact) mass is 410 g/mol. The molecular formula is C20H22N6O2S. The van der Waals surface area contributed by atoms with Gasteiger partial charge in [0.25, 0.3) is 0 Å². The summed E-state index contributed by atoms with van der Waals surface area (Å²) in [6.45, 7) is 4.29. The van der Waals surface area contributed by atoms with E-state index >= 15 is 0 Å². The lowest BCUT2D eigenvalue weighted by Crippen LogP contribution is -2.35. The van der Waals surface area contributed by atoms with Gasteiger partial charge in [-0.05, 0) is 59.7 Å². The van der Waals surface area contributed by atoms with Gasteiger partial charge in [-0.25, -0.2) is 0 Å². The number of primary amides is 1. The van der Waals surface area contributed by atoms with Crippen LogP contribution in [-0.2, 0) is 9.59 Å². The summed E-state index contributed by atoms with van der Waals surface area (Å²) >= 11 is 1.24. The molecule has 1 heterocycles. The predicted molar refractivity (Wildman–Crippen MR) is 112 cm³/mol. The number of benzene rings is 2. The third-order valence-corrected chi connectivity index (χ3v) is 5.36. The number of carbonyl (C=O) groups is 2. The second-order valence-electron chi connectivity index (χ2n) is 6.53. The minimum absolute atomic E-state index is 0.0890. The zero-order chi connectivity index (χ0) is 20.8. The van der Waals surface area contributed by atoms with E-state index in [-0.39, 0.29) is 24.6 Å². The van der Waals surface area contributed by atoms with Crippen molar-refractivity contribution in [3.05, 3.63) is 59.7 Å². The number of amides is 2. The number of hydrogen-bond acceptors (Lipinski definition) is 6. The maximum atomic E-state index is 12.9. The molecule has 2 aromatic carbocycles. The van der Waals surface area contributed by atoms with Crippen molar-refractivity contribution in [1.29, 1.82) is 0 Å². The van der Waals surface area contributed by atoms with Crippen molar-refractivity contribution in [2.24, 2.45) is 5.73 Å². The number of rotatable bonds is 8. The second-order valence-corrected chi connectivity index (χ2v) is 7.47. The largest absolute Gasteiger partial charge is 0.370 e. The van der Waals surface area contributed by atoms with Crippen molar-refractivity contribution in [2.45, 2.75) is 25.4 Å². The molecule has 8 nitrogen and oxygen atoms in total. The first kappa shape index (κ1) is 20.5. The van der Waals surface area contributed by atoms with Crippen LogP contribution in [0.25, 0.3) is 5.69 Å². The highest BCUT2D eigenvalue weighted by atomic mass is 32.2. The number of thioether (sulfide) groups is 1. The van der Waals surface area contributed by atoms with Crippen LogP contribution in [0, 0.1) is 13.8 Å². The van der Waals surface area contributed by atoms with Gasteiger partial charge in [-0.3, -0.25) is 9.59 Å². The van der Waals surface area contributed by atoms with Crippen LogP contribution in [0.4, 0.5) is 5.69 Å². The standard InChI is InChI=1S/C20H22N6O2S/c1-14-8-9-17(12-15(14)2)26-20(22-23-24-26)29-13-19(28)25(11-10-18(21)27)16-6-4-3-5-7-16/h3-9,12H,10-11,13H2,1-2H3,(H2,21,27). The van der Waals surface area contributed by atoms with Crippen molar-refractivity contribution in [3.8, 4) is 5.69 Å². The molecule has 150 valence electrons. The van der Waals surface area contributed by atoms with E-state index in [1.165, 1.54) is 17.3 Å². The highest BCUT2D eigenvalue weighted by Gasteiger charge is 2.19. The molecule has 3 rings (SSSR count). The molecule has 0 fully saturated rings. The third-order valence-electron chi connectivity index (χ3n) is 4.45. The van der Waals surface area contributed by atoms with Crippen molar-refractivity contribution in [2.75, 3.05) is 17.2 Å². The van der Waals surface area contributed by atoms with E-state index in [1.807, 2.05) is 62.4 Å². The van der Waals surface area contributed by atoms with E-state index in [0.29, 0.717) is 10.8 Å². The summed E-state index contributed by atoms with van der Waals surface area (Å²) in [5.74, 6) is -0.485. The normalized spacial score (nSPS) is 10.7. The van der Waals surface area contributed by atoms with Crippen molar-refractivity contribution >= 4 is 29.3 Å². The first-order valence-electron chi connectivity index (χ1n) is 9.08. The zero-order valence-corrected chi connectivity index (χ0v) is 17.1. The van der Waals surface area contributed by atoms with Gasteiger partial charge in [0.15, 0.2) is 0 Å². The van der Waals surface area contributed by atoms with Crippen molar-refractivity contribution in [3.63, 3.8) is 0 Å². The van der Waals surface area contributed by atoms with Gasteiger partial charge in [0, 0.05) is 18.7 Å². The van der Waals surface area contributed by atoms with E-state index in [4.69, 9.17) is 5.73 Å². The molecule has 0 bridgehead atoms.